The van der Waals surface area contributed by atoms with E-state index in [4.69, 9.17) is 10.6 Å². The summed E-state index contributed by atoms with van der Waals surface area (Å²) in [5.41, 5.74) is 2.46. The topological polar surface area (TPSA) is 47.3 Å². The molecule has 0 bridgehead atoms. The van der Waals surface area contributed by atoms with Gasteiger partial charge in [-0.2, -0.15) is 13.2 Å². The molecule has 1 fully saturated rings. The van der Waals surface area contributed by atoms with Crippen molar-refractivity contribution in [1.82, 2.24) is 5.43 Å². The number of hydrogen-bond acceptors (Lipinski definition) is 3. The van der Waals surface area contributed by atoms with Crippen molar-refractivity contribution in [3.63, 3.8) is 0 Å². The van der Waals surface area contributed by atoms with Gasteiger partial charge in [0.2, 0.25) is 0 Å². The van der Waals surface area contributed by atoms with Gasteiger partial charge in [-0.1, -0.05) is 0 Å². The number of nitrogens with two attached hydrogens (primary N) is 1. The second kappa shape index (κ2) is 5.84. The molecule has 0 aliphatic heterocycles. The van der Waals surface area contributed by atoms with E-state index in [0.717, 1.165) is 12.8 Å². The Hall–Kier alpha value is -0.330. The predicted octanol–water partition coefficient (Wildman–Crippen LogP) is 1.98. The summed E-state index contributed by atoms with van der Waals surface area (Å²) in [5.74, 6) is 5.67. The van der Waals surface area contributed by atoms with Crippen LogP contribution in [0, 0.1) is 5.92 Å². The third-order valence-corrected chi connectivity index (χ3v) is 2.80. The highest BCUT2D eigenvalue weighted by atomic mass is 19.4. The van der Waals surface area contributed by atoms with Crippen LogP contribution in [-0.4, -0.2) is 24.9 Å². The van der Waals surface area contributed by atoms with Gasteiger partial charge in [0.1, 0.15) is 0 Å². The van der Waals surface area contributed by atoms with E-state index in [1.165, 1.54) is 0 Å². The second-order valence-electron chi connectivity index (χ2n) is 4.18. The zero-order valence-corrected chi connectivity index (χ0v) is 9.39. The second-order valence-corrected chi connectivity index (χ2v) is 4.18. The zero-order chi connectivity index (χ0) is 12.2. The molecule has 2 atom stereocenters. The summed E-state index contributed by atoms with van der Waals surface area (Å²) in [6.07, 6.45) is -3.12. The molecule has 0 aromatic carbocycles. The molecule has 1 saturated carbocycles. The van der Waals surface area contributed by atoms with Crippen molar-refractivity contribution in [1.29, 1.82) is 0 Å². The van der Waals surface area contributed by atoms with Crippen LogP contribution in [0.2, 0.25) is 0 Å². The summed E-state index contributed by atoms with van der Waals surface area (Å²) in [6, 6.07) is -0.408. The molecule has 0 saturated heterocycles. The SMILES string of the molecule is CCOC(C1CC1)C(CCC(F)(F)F)NN. The van der Waals surface area contributed by atoms with Crippen LogP contribution < -0.4 is 11.3 Å². The maximum Gasteiger partial charge on any atom is 0.389 e. The smallest absolute Gasteiger partial charge is 0.377 e. The number of alkyl halides is 3. The van der Waals surface area contributed by atoms with Crippen LogP contribution in [0.5, 0.6) is 0 Å². The molecule has 1 rings (SSSR count). The van der Waals surface area contributed by atoms with Gasteiger partial charge in [0, 0.05) is 19.1 Å². The normalized spacial score (nSPS) is 20.8. The number of nitrogens with one attached hydrogen (secondary N) is 1. The summed E-state index contributed by atoms with van der Waals surface area (Å²) >= 11 is 0. The van der Waals surface area contributed by atoms with Gasteiger partial charge < -0.3 is 4.74 Å². The minimum absolute atomic E-state index is 0.0266. The highest BCUT2D eigenvalue weighted by Gasteiger charge is 2.38. The quantitative estimate of drug-likeness (QED) is 0.528. The van der Waals surface area contributed by atoms with Crippen LogP contribution in [0.4, 0.5) is 13.2 Å². The third-order valence-electron chi connectivity index (χ3n) is 2.80. The van der Waals surface area contributed by atoms with Crippen molar-refractivity contribution < 1.29 is 17.9 Å². The Morgan fingerprint density at radius 3 is 2.44 bits per heavy atom. The lowest BCUT2D eigenvalue weighted by atomic mass is 10.0. The van der Waals surface area contributed by atoms with Gasteiger partial charge in [0.15, 0.2) is 0 Å². The average Bonchev–Trinajstić information content (AvgIpc) is 2.98. The molecule has 0 amide bonds. The summed E-state index contributed by atoms with van der Waals surface area (Å²) in [7, 11) is 0. The predicted molar refractivity (Wildman–Crippen MR) is 54.5 cm³/mol. The fourth-order valence-electron chi connectivity index (χ4n) is 1.86. The largest absolute Gasteiger partial charge is 0.389 e. The third kappa shape index (κ3) is 4.67. The molecule has 0 heterocycles. The molecule has 0 spiro atoms. The van der Waals surface area contributed by atoms with E-state index in [-0.39, 0.29) is 12.5 Å². The van der Waals surface area contributed by atoms with Gasteiger partial charge in [0.05, 0.1) is 6.10 Å². The first-order valence-electron chi connectivity index (χ1n) is 5.62. The summed E-state index contributed by atoms with van der Waals surface area (Å²) < 4.78 is 41.8. The lowest BCUT2D eigenvalue weighted by molar-refractivity contribution is -0.139. The van der Waals surface area contributed by atoms with E-state index in [1.54, 1.807) is 0 Å². The van der Waals surface area contributed by atoms with Crippen LogP contribution in [0.25, 0.3) is 0 Å². The highest BCUT2D eigenvalue weighted by Crippen LogP contribution is 2.37. The van der Waals surface area contributed by atoms with Gasteiger partial charge in [-0.05, 0) is 32.1 Å². The van der Waals surface area contributed by atoms with Crippen molar-refractivity contribution in [2.45, 2.75) is 50.9 Å². The van der Waals surface area contributed by atoms with E-state index in [1.807, 2.05) is 6.92 Å². The highest BCUT2D eigenvalue weighted by molar-refractivity contribution is 4.89. The van der Waals surface area contributed by atoms with Crippen molar-refractivity contribution in [2.24, 2.45) is 11.8 Å². The van der Waals surface area contributed by atoms with E-state index in [9.17, 15) is 13.2 Å². The first kappa shape index (κ1) is 13.7. The number of ether oxygens (including phenoxy) is 1. The van der Waals surface area contributed by atoms with Gasteiger partial charge in [-0.3, -0.25) is 11.3 Å². The average molecular weight is 240 g/mol. The van der Waals surface area contributed by atoms with Crippen LogP contribution in [0.15, 0.2) is 0 Å². The molecule has 3 nitrogen and oxygen atoms in total. The Bertz CT molecular complexity index is 207. The lowest BCUT2D eigenvalue weighted by Gasteiger charge is -2.26. The molecule has 0 aromatic heterocycles. The van der Waals surface area contributed by atoms with Crippen LogP contribution in [0.1, 0.15) is 32.6 Å². The molecule has 2 unspecified atom stereocenters. The molecule has 16 heavy (non-hydrogen) atoms. The lowest BCUT2D eigenvalue weighted by Crippen LogP contribution is -2.46. The van der Waals surface area contributed by atoms with Gasteiger partial charge >= 0.3 is 6.18 Å². The van der Waals surface area contributed by atoms with Gasteiger partial charge in [0.25, 0.3) is 0 Å². The molecular weight excluding hydrogens is 221 g/mol. The maximum atomic E-state index is 12.1. The van der Waals surface area contributed by atoms with Crippen LogP contribution in [-0.2, 0) is 4.74 Å². The van der Waals surface area contributed by atoms with Crippen molar-refractivity contribution in [3.05, 3.63) is 0 Å². The van der Waals surface area contributed by atoms with Gasteiger partial charge in [-0.15, -0.1) is 0 Å². The molecule has 1 aliphatic carbocycles. The summed E-state index contributed by atoms with van der Waals surface area (Å²) in [6.45, 7) is 2.35. The standard InChI is InChI=1S/C10H19F3N2O/c1-2-16-9(7-3-4-7)8(15-14)5-6-10(11,12)13/h7-9,15H,2-6,14H2,1H3. The van der Waals surface area contributed by atoms with Crippen LogP contribution in [0.3, 0.4) is 0 Å². The van der Waals surface area contributed by atoms with Gasteiger partial charge in [-0.25, -0.2) is 0 Å². The Kier molecular flexibility index (Phi) is 5.01. The molecular formula is C10H19F3N2O. The first-order chi connectivity index (χ1) is 7.48. The minimum Gasteiger partial charge on any atom is -0.377 e. The van der Waals surface area contributed by atoms with E-state index in [0.29, 0.717) is 12.5 Å². The minimum atomic E-state index is -4.13. The first-order valence-corrected chi connectivity index (χ1v) is 5.62. The zero-order valence-electron chi connectivity index (χ0n) is 9.39. The number of halogens is 3. The molecule has 1 aliphatic rings. The van der Waals surface area contributed by atoms with Crippen molar-refractivity contribution >= 4 is 0 Å². The molecule has 6 heteroatoms. The van der Waals surface area contributed by atoms with Crippen molar-refractivity contribution in [3.8, 4) is 0 Å². The molecule has 0 aromatic rings. The van der Waals surface area contributed by atoms with Crippen LogP contribution >= 0.6 is 0 Å². The molecule has 0 radical (unpaired) electrons. The number of hydrazine groups is 1. The monoisotopic (exact) mass is 240 g/mol. The summed E-state index contributed by atoms with van der Waals surface area (Å²) in [5, 5.41) is 0. The Morgan fingerprint density at radius 2 is 2.06 bits per heavy atom. The fourth-order valence-corrected chi connectivity index (χ4v) is 1.86. The maximum absolute atomic E-state index is 12.1. The Labute approximate surface area is 93.5 Å². The summed E-state index contributed by atoms with van der Waals surface area (Å²) in [4.78, 5) is 0. The van der Waals surface area contributed by atoms with E-state index in [2.05, 4.69) is 5.43 Å². The number of hydrogen-bond donors (Lipinski definition) is 2. The Morgan fingerprint density at radius 1 is 1.44 bits per heavy atom. The molecule has 3 N–H and O–H groups in total. The van der Waals surface area contributed by atoms with E-state index >= 15 is 0 Å². The fraction of sp³-hybridized carbons (Fsp3) is 1.00. The Balaban J connectivity index is 2.43. The molecule has 96 valence electrons. The number of rotatable bonds is 7. The van der Waals surface area contributed by atoms with Crippen molar-refractivity contribution in [2.75, 3.05) is 6.61 Å². The van der Waals surface area contributed by atoms with E-state index < -0.39 is 18.6 Å².